The molecule has 0 aliphatic rings. The first kappa shape index (κ1) is 17.0. The van der Waals surface area contributed by atoms with Crippen molar-refractivity contribution < 1.29 is 24.5 Å². The van der Waals surface area contributed by atoms with Gasteiger partial charge in [-0.3, -0.25) is 4.79 Å². The normalized spacial score (nSPS) is 13.0. The van der Waals surface area contributed by atoms with E-state index in [0.29, 0.717) is 24.3 Å². The van der Waals surface area contributed by atoms with Gasteiger partial charge in [0.15, 0.2) is 0 Å². The van der Waals surface area contributed by atoms with Crippen LogP contribution in [0.4, 0.5) is 0 Å². The van der Waals surface area contributed by atoms with Gasteiger partial charge in [0.05, 0.1) is 31.6 Å². The van der Waals surface area contributed by atoms with Gasteiger partial charge < -0.3 is 19.7 Å². The number of hydrogen-bond acceptors (Lipinski definition) is 6. The summed E-state index contributed by atoms with van der Waals surface area (Å²) in [4.78, 5) is 11.3. The van der Waals surface area contributed by atoms with Crippen molar-refractivity contribution in [3.05, 3.63) is 29.8 Å². The zero-order valence-corrected chi connectivity index (χ0v) is 11.9. The van der Waals surface area contributed by atoms with Gasteiger partial charge in [0.25, 0.3) is 0 Å². The van der Waals surface area contributed by atoms with Crippen molar-refractivity contribution in [2.45, 2.75) is 32.0 Å². The van der Waals surface area contributed by atoms with Gasteiger partial charge in [0.1, 0.15) is 18.5 Å². The van der Waals surface area contributed by atoms with Crippen molar-refractivity contribution in [2.75, 3.05) is 13.2 Å². The van der Waals surface area contributed by atoms with Gasteiger partial charge in [-0.25, -0.2) is 0 Å². The summed E-state index contributed by atoms with van der Waals surface area (Å²) in [5, 5.41) is 28.2. The van der Waals surface area contributed by atoms with Crippen LogP contribution in [-0.4, -0.2) is 35.5 Å². The number of benzene rings is 1. The fourth-order valence-electron chi connectivity index (χ4n) is 1.70. The van der Waals surface area contributed by atoms with Crippen molar-refractivity contribution in [3.8, 4) is 11.8 Å². The molecule has 0 fully saturated rings. The van der Waals surface area contributed by atoms with Gasteiger partial charge in [-0.2, -0.15) is 5.26 Å². The molecule has 0 saturated carbocycles. The van der Waals surface area contributed by atoms with Crippen LogP contribution in [0.3, 0.4) is 0 Å². The molecule has 114 valence electrons. The Morgan fingerprint density at radius 2 is 2.00 bits per heavy atom. The summed E-state index contributed by atoms with van der Waals surface area (Å²) in [6.07, 6.45) is -2.38. The molecule has 2 unspecified atom stereocenters. The van der Waals surface area contributed by atoms with Crippen LogP contribution < -0.4 is 4.74 Å². The molecule has 0 aromatic heterocycles. The zero-order valence-electron chi connectivity index (χ0n) is 11.9. The number of esters is 1. The van der Waals surface area contributed by atoms with Crippen LogP contribution in [0.15, 0.2) is 24.3 Å². The molecule has 1 aromatic carbocycles. The van der Waals surface area contributed by atoms with Gasteiger partial charge in [-0.05, 0) is 24.6 Å². The molecule has 0 radical (unpaired) electrons. The van der Waals surface area contributed by atoms with Gasteiger partial charge in [-0.1, -0.05) is 12.1 Å². The Bertz CT molecular complexity index is 480. The molecule has 2 atom stereocenters. The summed E-state index contributed by atoms with van der Waals surface area (Å²) >= 11 is 0. The first-order valence-corrected chi connectivity index (χ1v) is 6.70. The smallest absolute Gasteiger partial charge is 0.308 e. The van der Waals surface area contributed by atoms with Crippen LogP contribution in [0.1, 0.15) is 31.4 Å². The molecule has 0 amide bonds. The van der Waals surface area contributed by atoms with E-state index in [0.717, 1.165) is 0 Å². The molecule has 1 aromatic rings. The number of carbonyl (C=O) groups excluding carboxylic acids is 1. The maximum absolute atomic E-state index is 11.3. The van der Waals surface area contributed by atoms with Crippen LogP contribution in [0.5, 0.6) is 5.75 Å². The summed E-state index contributed by atoms with van der Waals surface area (Å²) < 4.78 is 10.0. The minimum atomic E-state index is -1.23. The fraction of sp³-hybridized carbons (Fsp3) is 0.467. The highest BCUT2D eigenvalue weighted by Crippen LogP contribution is 2.22. The number of nitrogens with zero attached hydrogens (tertiary/aromatic N) is 1. The summed E-state index contributed by atoms with van der Waals surface area (Å²) in [7, 11) is 0. The van der Waals surface area contributed by atoms with E-state index in [1.54, 1.807) is 31.2 Å². The van der Waals surface area contributed by atoms with E-state index in [2.05, 4.69) is 0 Å². The molecule has 0 heterocycles. The lowest BCUT2D eigenvalue weighted by atomic mass is 10.0. The molecular weight excluding hydrogens is 274 g/mol. The Kier molecular flexibility index (Phi) is 7.23. The molecule has 0 saturated heterocycles. The minimum Gasteiger partial charge on any atom is -0.493 e. The predicted molar refractivity (Wildman–Crippen MR) is 74.4 cm³/mol. The number of carbonyl (C=O) groups is 1. The first-order valence-electron chi connectivity index (χ1n) is 6.70. The van der Waals surface area contributed by atoms with E-state index in [1.807, 2.05) is 6.07 Å². The third-order valence-electron chi connectivity index (χ3n) is 2.75. The predicted octanol–water partition coefficient (Wildman–Crippen LogP) is 1.33. The van der Waals surface area contributed by atoms with Crippen molar-refractivity contribution in [1.29, 1.82) is 5.26 Å². The Hall–Kier alpha value is -2.10. The zero-order chi connectivity index (χ0) is 15.7. The monoisotopic (exact) mass is 293 g/mol. The molecule has 0 bridgehead atoms. The molecule has 6 nitrogen and oxygen atoms in total. The van der Waals surface area contributed by atoms with Crippen molar-refractivity contribution in [2.24, 2.45) is 0 Å². The lowest BCUT2D eigenvalue weighted by Gasteiger charge is -2.17. The maximum Gasteiger partial charge on any atom is 0.308 e. The van der Waals surface area contributed by atoms with Gasteiger partial charge in [0.2, 0.25) is 0 Å². The van der Waals surface area contributed by atoms with Crippen LogP contribution in [-0.2, 0) is 9.53 Å². The SMILES string of the molecule is CCOC(=O)CC(O)C(O)c1ccc(OCCC#N)cc1. The Balaban J connectivity index is 2.55. The van der Waals surface area contributed by atoms with Crippen LogP contribution in [0.25, 0.3) is 0 Å². The molecule has 1 rings (SSSR count). The van der Waals surface area contributed by atoms with Gasteiger partial charge in [0, 0.05) is 0 Å². The molecule has 0 spiro atoms. The number of rotatable bonds is 8. The summed E-state index contributed by atoms with van der Waals surface area (Å²) in [5.74, 6) is 0.0154. The Morgan fingerprint density at radius 3 is 2.57 bits per heavy atom. The molecule has 6 heteroatoms. The first-order chi connectivity index (χ1) is 10.1. The van der Waals surface area contributed by atoms with E-state index >= 15 is 0 Å². The number of nitriles is 1. The van der Waals surface area contributed by atoms with Gasteiger partial charge >= 0.3 is 5.97 Å². The standard InChI is InChI=1S/C15H19NO5/c1-2-20-14(18)10-13(17)15(19)11-4-6-12(7-5-11)21-9-3-8-16/h4-7,13,15,17,19H,2-3,9-10H2,1H3. The highest BCUT2D eigenvalue weighted by atomic mass is 16.5. The average molecular weight is 293 g/mol. The third-order valence-corrected chi connectivity index (χ3v) is 2.75. The van der Waals surface area contributed by atoms with Crippen molar-refractivity contribution >= 4 is 5.97 Å². The second-order valence-corrected chi connectivity index (χ2v) is 4.35. The lowest BCUT2D eigenvalue weighted by Crippen LogP contribution is -2.23. The molecule has 0 aliphatic heterocycles. The number of aliphatic hydroxyl groups is 2. The topological polar surface area (TPSA) is 99.8 Å². The molecular formula is C15H19NO5. The average Bonchev–Trinajstić information content (AvgIpc) is 2.47. The quantitative estimate of drug-likeness (QED) is 0.554. The van der Waals surface area contributed by atoms with E-state index in [-0.39, 0.29) is 13.0 Å². The van der Waals surface area contributed by atoms with E-state index in [1.165, 1.54) is 0 Å². The van der Waals surface area contributed by atoms with E-state index < -0.39 is 18.2 Å². The highest BCUT2D eigenvalue weighted by Gasteiger charge is 2.22. The molecule has 0 aliphatic carbocycles. The fourth-order valence-corrected chi connectivity index (χ4v) is 1.70. The van der Waals surface area contributed by atoms with Crippen molar-refractivity contribution in [3.63, 3.8) is 0 Å². The van der Waals surface area contributed by atoms with Crippen molar-refractivity contribution in [1.82, 2.24) is 0 Å². The van der Waals surface area contributed by atoms with Crippen LogP contribution in [0, 0.1) is 11.3 Å². The van der Waals surface area contributed by atoms with E-state index in [9.17, 15) is 15.0 Å². The number of ether oxygens (including phenoxy) is 2. The number of aliphatic hydroxyl groups excluding tert-OH is 2. The van der Waals surface area contributed by atoms with Crippen LogP contribution in [0.2, 0.25) is 0 Å². The Labute approximate surface area is 123 Å². The lowest BCUT2D eigenvalue weighted by molar-refractivity contribution is -0.147. The minimum absolute atomic E-state index is 0.233. The van der Waals surface area contributed by atoms with E-state index in [4.69, 9.17) is 14.7 Å². The number of hydrogen-bond donors (Lipinski definition) is 2. The second kappa shape index (κ2) is 8.95. The highest BCUT2D eigenvalue weighted by molar-refractivity contribution is 5.70. The molecule has 2 N–H and O–H groups in total. The molecule has 21 heavy (non-hydrogen) atoms. The van der Waals surface area contributed by atoms with Gasteiger partial charge in [-0.15, -0.1) is 0 Å². The summed E-state index contributed by atoms with van der Waals surface area (Å²) in [5.41, 5.74) is 0.472. The maximum atomic E-state index is 11.3. The second-order valence-electron chi connectivity index (χ2n) is 4.35. The Morgan fingerprint density at radius 1 is 1.33 bits per heavy atom. The summed E-state index contributed by atoms with van der Waals surface area (Å²) in [6, 6.07) is 8.43. The van der Waals surface area contributed by atoms with Crippen LogP contribution >= 0.6 is 0 Å². The largest absolute Gasteiger partial charge is 0.493 e. The third kappa shape index (κ3) is 5.81. The summed E-state index contributed by atoms with van der Waals surface area (Å²) in [6.45, 7) is 2.20.